The fourth-order valence-electron chi connectivity index (χ4n) is 1.87. The van der Waals surface area contributed by atoms with Crippen molar-refractivity contribution < 1.29 is 5.11 Å². The predicted octanol–water partition coefficient (Wildman–Crippen LogP) is 2.67. The van der Waals surface area contributed by atoms with E-state index in [0.29, 0.717) is 5.75 Å². The number of aromatic hydroxyl groups is 1. The van der Waals surface area contributed by atoms with Gasteiger partial charge in [-0.1, -0.05) is 18.1 Å². The molecular weight excluding hydrogens is 172 g/mol. The number of rotatable bonds is 1. The van der Waals surface area contributed by atoms with Gasteiger partial charge in [0.2, 0.25) is 0 Å². The zero-order chi connectivity index (χ0) is 10.3. The average molecular weight is 186 g/mol. The predicted molar refractivity (Wildman–Crippen MR) is 57.3 cm³/mol. The van der Waals surface area contributed by atoms with Crippen LogP contribution in [0.2, 0.25) is 0 Å². The lowest BCUT2D eigenvalue weighted by Gasteiger charge is -2.12. The van der Waals surface area contributed by atoms with Crippen LogP contribution in [0.15, 0.2) is 12.1 Å². The largest absolute Gasteiger partial charge is 0.507 e. The van der Waals surface area contributed by atoms with Crippen LogP contribution in [0.5, 0.6) is 5.75 Å². The molecule has 0 saturated heterocycles. The van der Waals surface area contributed by atoms with Crippen LogP contribution in [0.4, 0.5) is 0 Å². The molecule has 0 spiro atoms. The summed E-state index contributed by atoms with van der Waals surface area (Å²) in [6, 6.07) is 4.02. The van der Waals surface area contributed by atoms with E-state index < -0.39 is 0 Å². The summed E-state index contributed by atoms with van der Waals surface area (Å²) in [6.07, 6.45) is 7.68. The highest BCUT2D eigenvalue weighted by Crippen LogP contribution is 2.48. The third-order valence-corrected chi connectivity index (χ3v) is 3.07. The molecule has 0 heterocycles. The van der Waals surface area contributed by atoms with Gasteiger partial charge in [-0.25, -0.2) is 0 Å². The van der Waals surface area contributed by atoms with Crippen molar-refractivity contribution in [2.75, 3.05) is 0 Å². The molecule has 1 heteroatoms. The number of phenolic OH excluding ortho intramolecular Hbond substituents is 1. The summed E-state index contributed by atoms with van der Waals surface area (Å²) in [5.41, 5.74) is 3.00. The lowest BCUT2D eigenvalue weighted by Crippen LogP contribution is -2.03. The van der Waals surface area contributed by atoms with Gasteiger partial charge in [0.05, 0.1) is 5.41 Å². The van der Waals surface area contributed by atoms with Gasteiger partial charge >= 0.3 is 0 Å². The minimum atomic E-state index is -0.0246. The minimum absolute atomic E-state index is 0.0246. The van der Waals surface area contributed by atoms with Crippen molar-refractivity contribution in [2.45, 2.75) is 32.1 Å². The molecule has 1 aromatic carbocycles. The molecule has 0 bridgehead atoms. The Kier molecular flexibility index (Phi) is 1.82. The van der Waals surface area contributed by atoms with Crippen molar-refractivity contribution in [1.82, 2.24) is 0 Å². The second-order valence-electron chi connectivity index (χ2n) is 4.19. The first-order valence-corrected chi connectivity index (χ1v) is 4.87. The first-order chi connectivity index (χ1) is 6.59. The van der Waals surface area contributed by atoms with Gasteiger partial charge in [0.15, 0.2) is 0 Å². The highest BCUT2D eigenvalue weighted by atomic mass is 16.3. The van der Waals surface area contributed by atoms with Crippen LogP contribution in [0, 0.1) is 26.2 Å². The molecule has 1 aromatic rings. The molecule has 1 N–H and O–H groups in total. The standard InChI is InChI=1S/C13H14O/c1-4-13(5-6-13)11-7-9(2)12(14)10(3)8-11/h1,7-8,14H,5-6H2,2-3H3. The van der Waals surface area contributed by atoms with Crippen LogP contribution in [0.25, 0.3) is 0 Å². The molecule has 0 amide bonds. The third kappa shape index (κ3) is 1.19. The van der Waals surface area contributed by atoms with Crippen molar-refractivity contribution in [3.8, 4) is 18.1 Å². The maximum atomic E-state index is 9.64. The summed E-state index contributed by atoms with van der Waals surface area (Å²) in [5, 5.41) is 9.64. The van der Waals surface area contributed by atoms with E-state index >= 15 is 0 Å². The van der Waals surface area contributed by atoms with Gasteiger partial charge in [0.25, 0.3) is 0 Å². The van der Waals surface area contributed by atoms with E-state index in [1.807, 2.05) is 26.0 Å². The SMILES string of the molecule is C#CC1(c2cc(C)c(O)c(C)c2)CC1. The highest BCUT2D eigenvalue weighted by molar-refractivity contribution is 5.49. The molecule has 0 aliphatic heterocycles. The molecule has 0 aromatic heterocycles. The van der Waals surface area contributed by atoms with Gasteiger partial charge in [0.1, 0.15) is 5.75 Å². The van der Waals surface area contributed by atoms with E-state index in [1.54, 1.807) is 0 Å². The van der Waals surface area contributed by atoms with Crippen LogP contribution >= 0.6 is 0 Å². The average Bonchev–Trinajstić information content (AvgIpc) is 2.94. The van der Waals surface area contributed by atoms with E-state index in [-0.39, 0.29) is 5.41 Å². The molecule has 2 rings (SSSR count). The Morgan fingerprint density at radius 2 is 1.79 bits per heavy atom. The normalized spacial score (nSPS) is 17.5. The summed E-state index contributed by atoms with van der Waals surface area (Å²) in [7, 11) is 0. The summed E-state index contributed by atoms with van der Waals surface area (Å²) < 4.78 is 0. The van der Waals surface area contributed by atoms with Crippen molar-refractivity contribution >= 4 is 0 Å². The van der Waals surface area contributed by atoms with Crippen LogP contribution < -0.4 is 0 Å². The van der Waals surface area contributed by atoms with Gasteiger partial charge in [-0.3, -0.25) is 0 Å². The number of hydrogen-bond acceptors (Lipinski definition) is 1. The Bertz CT molecular complexity index is 396. The Hall–Kier alpha value is -1.42. The van der Waals surface area contributed by atoms with E-state index in [4.69, 9.17) is 6.42 Å². The topological polar surface area (TPSA) is 20.2 Å². The molecule has 0 atom stereocenters. The van der Waals surface area contributed by atoms with E-state index in [9.17, 15) is 5.11 Å². The first kappa shape index (κ1) is 9.15. The molecule has 14 heavy (non-hydrogen) atoms. The lowest BCUT2D eigenvalue weighted by molar-refractivity contribution is 0.466. The third-order valence-electron chi connectivity index (χ3n) is 3.07. The monoisotopic (exact) mass is 186 g/mol. The van der Waals surface area contributed by atoms with E-state index in [0.717, 1.165) is 24.0 Å². The van der Waals surface area contributed by atoms with Crippen LogP contribution in [0.3, 0.4) is 0 Å². The highest BCUT2D eigenvalue weighted by Gasteiger charge is 2.42. The van der Waals surface area contributed by atoms with Crippen molar-refractivity contribution in [2.24, 2.45) is 0 Å². The Labute approximate surface area is 84.8 Å². The number of phenols is 1. The van der Waals surface area contributed by atoms with E-state index in [1.165, 1.54) is 5.56 Å². The van der Waals surface area contributed by atoms with E-state index in [2.05, 4.69) is 5.92 Å². The second kappa shape index (κ2) is 2.78. The summed E-state index contributed by atoms with van der Waals surface area (Å²) >= 11 is 0. The van der Waals surface area contributed by atoms with Gasteiger partial charge < -0.3 is 5.11 Å². The fourth-order valence-corrected chi connectivity index (χ4v) is 1.87. The van der Waals surface area contributed by atoms with Crippen LogP contribution in [-0.2, 0) is 5.41 Å². The van der Waals surface area contributed by atoms with Crippen molar-refractivity contribution in [3.05, 3.63) is 28.8 Å². The zero-order valence-electron chi connectivity index (χ0n) is 8.59. The molecule has 1 aliphatic carbocycles. The summed E-state index contributed by atoms with van der Waals surface area (Å²) in [5.74, 6) is 3.25. The Morgan fingerprint density at radius 1 is 1.29 bits per heavy atom. The fraction of sp³-hybridized carbons (Fsp3) is 0.385. The Balaban J connectivity index is 2.53. The zero-order valence-corrected chi connectivity index (χ0v) is 8.59. The maximum Gasteiger partial charge on any atom is 0.121 e. The molecule has 72 valence electrons. The summed E-state index contributed by atoms with van der Waals surface area (Å²) in [6.45, 7) is 3.83. The van der Waals surface area contributed by atoms with Gasteiger partial charge in [-0.15, -0.1) is 6.42 Å². The minimum Gasteiger partial charge on any atom is -0.507 e. The number of terminal acetylenes is 1. The summed E-state index contributed by atoms with van der Waals surface area (Å²) in [4.78, 5) is 0. The first-order valence-electron chi connectivity index (χ1n) is 4.87. The number of hydrogen-bond donors (Lipinski definition) is 1. The Morgan fingerprint density at radius 3 is 2.14 bits per heavy atom. The molecule has 0 unspecified atom stereocenters. The van der Waals surface area contributed by atoms with Crippen LogP contribution in [0.1, 0.15) is 29.5 Å². The quantitative estimate of drug-likeness (QED) is 0.668. The van der Waals surface area contributed by atoms with Crippen molar-refractivity contribution in [1.29, 1.82) is 0 Å². The lowest BCUT2D eigenvalue weighted by atomic mass is 9.93. The van der Waals surface area contributed by atoms with Gasteiger partial charge in [0, 0.05) is 0 Å². The maximum absolute atomic E-state index is 9.64. The smallest absolute Gasteiger partial charge is 0.121 e. The van der Waals surface area contributed by atoms with Crippen LogP contribution in [-0.4, -0.2) is 5.11 Å². The number of benzene rings is 1. The molecular formula is C13H14O. The number of aryl methyl sites for hydroxylation is 2. The molecule has 0 radical (unpaired) electrons. The second-order valence-corrected chi connectivity index (χ2v) is 4.19. The van der Waals surface area contributed by atoms with Gasteiger partial charge in [-0.05, 0) is 43.4 Å². The molecule has 1 nitrogen and oxygen atoms in total. The molecule has 1 saturated carbocycles. The molecule has 1 aliphatic rings. The van der Waals surface area contributed by atoms with Gasteiger partial charge in [-0.2, -0.15) is 0 Å². The molecule has 1 fully saturated rings. The van der Waals surface area contributed by atoms with Crippen molar-refractivity contribution in [3.63, 3.8) is 0 Å².